The first-order valence-corrected chi connectivity index (χ1v) is 9.90. The van der Waals surface area contributed by atoms with Gasteiger partial charge in [-0.1, -0.05) is 5.16 Å². The molecule has 27 heavy (non-hydrogen) atoms. The van der Waals surface area contributed by atoms with Crippen molar-refractivity contribution in [2.75, 3.05) is 18.4 Å². The van der Waals surface area contributed by atoms with E-state index in [1.165, 1.54) is 0 Å². The largest absolute Gasteiger partial charge is 0.339 e. The molecule has 0 aliphatic carbocycles. The Labute approximate surface area is 160 Å². The highest BCUT2D eigenvalue weighted by atomic mass is 32.1. The number of piperidine rings is 1. The summed E-state index contributed by atoms with van der Waals surface area (Å²) in [6, 6.07) is 1.93. The van der Waals surface area contributed by atoms with E-state index in [4.69, 9.17) is 4.52 Å². The Bertz CT molecular complexity index is 896. The predicted octanol–water partition coefficient (Wildman–Crippen LogP) is 1.96. The molecule has 0 aromatic carbocycles. The van der Waals surface area contributed by atoms with Gasteiger partial charge >= 0.3 is 0 Å². The molecule has 4 rings (SSSR count). The molecule has 0 atom stereocenters. The molecular formula is C17H21N7O2S. The van der Waals surface area contributed by atoms with Crippen molar-refractivity contribution in [2.45, 2.75) is 31.6 Å². The normalized spacial score (nSPS) is 15.1. The third-order valence-electron chi connectivity index (χ3n) is 4.55. The number of hydrogen-bond acceptors (Lipinski definition) is 8. The number of carbonyl (C=O) groups is 1. The standard InChI is InChI=1S/C17H21N7O2S/c1-24-17(21-15(22-24)11-4-7-18-8-5-11)19-13(25)2-3-14-20-16(23-26-14)12-6-9-27-10-12/h6,9-11,18H,2-5,7-8H2,1H3,(H,19,21,22,25). The number of carbonyl (C=O) groups excluding carboxylic acids is 1. The van der Waals surface area contributed by atoms with E-state index in [9.17, 15) is 4.79 Å². The molecule has 0 saturated carbocycles. The molecule has 10 heteroatoms. The Morgan fingerprint density at radius 1 is 1.41 bits per heavy atom. The molecular weight excluding hydrogens is 366 g/mol. The molecule has 0 spiro atoms. The van der Waals surface area contributed by atoms with Crippen LogP contribution in [0.15, 0.2) is 21.3 Å². The van der Waals surface area contributed by atoms with Crippen molar-refractivity contribution in [3.8, 4) is 11.4 Å². The first-order chi connectivity index (χ1) is 13.2. The van der Waals surface area contributed by atoms with Crippen LogP contribution >= 0.6 is 11.3 Å². The first kappa shape index (κ1) is 17.8. The molecule has 0 radical (unpaired) electrons. The average Bonchev–Trinajstić information content (AvgIpc) is 3.42. The summed E-state index contributed by atoms with van der Waals surface area (Å²) in [5.74, 6) is 2.45. The van der Waals surface area contributed by atoms with Crippen LogP contribution in [0.5, 0.6) is 0 Å². The van der Waals surface area contributed by atoms with Gasteiger partial charge in [0.05, 0.1) is 0 Å². The lowest BCUT2D eigenvalue weighted by Gasteiger charge is -2.19. The van der Waals surface area contributed by atoms with E-state index in [-0.39, 0.29) is 12.3 Å². The SMILES string of the molecule is Cn1nc(C2CCNCC2)nc1NC(=O)CCc1nc(-c2ccsc2)no1. The third kappa shape index (κ3) is 4.22. The van der Waals surface area contributed by atoms with Crippen molar-refractivity contribution in [1.82, 2.24) is 30.2 Å². The maximum absolute atomic E-state index is 12.3. The molecule has 3 aromatic heterocycles. The number of hydrogen-bond donors (Lipinski definition) is 2. The van der Waals surface area contributed by atoms with E-state index in [0.717, 1.165) is 37.3 Å². The van der Waals surface area contributed by atoms with E-state index < -0.39 is 0 Å². The summed E-state index contributed by atoms with van der Waals surface area (Å²) < 4.78 is 6.84. The van der Waals surface area contributed by atoms with Crippen LogP contribution in [0, 0.1) is 0 Å². The fourth-order valence-corrected chi connectivity index (χ4v) is 3.67. The lowest BCUT2D eigenvalue weighted by Crippen LogP contribution is -2.27. The molecule has 1 aliphatic heterocycles. The van der Waals surface area contributed by atoms with E-state index in [1.54, 1.807) is 23.1 Å². The highest BCUT2D eigenvalue weighted by molar-refractivity contribution is 7.08. The second-order valence-electron chi connectivity index (χ2n) is 6.51. The van der Waals surface area contributed by atoms with Gasteiger partial charge in [0.1, 0.15) is 0 Å². The Balaban J connectivity index is 1.32. The fourth-order valence-electron chi connectivity index (χ4n) is 3.04. The molecule has 1 aliphatic rings. The Kier molecular flexibility index (Phi) is 5.26. The minimum absolute atomic E-state index is 0.155. The van der Waals surface area contributed by atoms with E-state index in [2.05, 4.69) is 30.9 Å². The predicted molar refractivity (Wildman–Crippen MR) is 100 cm³/mol. The van der Waals surface area contributed by atoms with Crippen molar-refractivity contribution >= 4 is 23.2 Å². The van der Waals surface area contributed by atoms with Crippen LogP contribution in [0.2, 0.25) is 0 Å². The highest BCUT2D eigenvalue weighted by Gasteiger charge is 2.21. The quantitative estimate of drug-likeness (QED) is 0.665. The zero-order chi connectivity index (χ0) is 18.6. The lowest BCUT2D eigenvalue weighted by molar-refractivity contribution is -0.116. The molecule has 1 fully saturated rings. The molecule has 142 valence electrons. The summed E-state index contributed by atoms with van der Waals surface area (Å²) in [7, 11) is 1.79. The number of amides is 1. The summed E-state index contributed by atoms with van der Waals surface area (Å²) in [5.41, 5.74) is 0.920. The first-order valence-electron chi connectivity index (χ1n) is 8.95. The second kappa shape index (κ2) is 7.97. The van der Waals surface area contributed by atoms with Gasteiger partial charge in [0.2, 0.25) is 23.6 Å². The molecule has 0 bridgehead atoms. The lowest BCUT2D eigenvalue weighted by atomic mass is 9.98. The molecule has 4 heterocycles. The van der Waals surface area contributed by atoms with Crippen molar-refractivity contribution in [3.05, 3.63) is 28.5 Å². The number of aromatic nitrogens is 5. The number of nitrogens with zero attached hydrogens (tertiary/aromatic N) is 5. The van der Waals surface area contributed by atoms with Crippen LogP contribution in [0.1, 0.15) is 36.9 Å². The molecule has 1 amide bonds. The van der Waals surface area contributed by atoms with Crippen LogP contribution < -0.4 is 10.6 Å². The van der Waals surface area contributed by atoms with Gasteiger partial charge in [-0.2, -0.15) is 26.4 Å². The van der Waals surface area contributed by atoms with Crippen molar-refractivity contribution in [2.24, 2.45) is 7.05 Å². The van der Waals surface area contributed by atoms with Crippen LogP contribution in [0.4, 0.5) is 5.95 Å². The van der Waals surface area contributed by atoms with Gasteiger partial charge in [0.25, 0.3) is 0 Å². The fraction of sp³-hybridized carbons (Fsp3) is 0.471. The van der Waals surface area contributed by atoms with Gasteiger partial charge in [-0.05, 0) is 37.4 Å². The number of thiophene rings is 1. The van der Waals surface area contributed by atoms with Crippen LogP contribution in [-0.4, -0.2) is 43.9 Å². The molecule has 1 saturated heterocycles. The maximum atomic E-state index is 12.3. The topological polar surface area (TPSA) is 111 Å². The summed E-state index contributed by atoms with van der Waals surface area (Å²) >= 11 is 1.57. The van der Waals surface area contributed by atoms with E-state index in [0.29, 0.717) is 30.0 Å². The minimum atomic E-state index is -0.155. The molecule has 9 nitrogen and oxygen atoms in total. The Morgan fingerprint density at radius 3 is 3.04 bits per heavy atom. The smallest absolute Gasteiger partial charge is 0.227 e. The number of nitrogens with one attached hydrogen (secondary N) is 2. The van der Waals surface area contributed by atoms with Crippen molar-refractivity contribution < 1.29 is 9.32 Å². The molecule has 3 aromatic rings. The van der Waals surface area contributed by atoms with Crippen LogP contribution in [0.25, 0.3) is 11.4 Å². The van der Waals surface area contributed by atoms with Gasteiger partial charge in [0.15, 0.2) is 5.82 Å². The zero-order valence-electron chi connectivity index (χ0n) is 15.0. The van der Waals surface area contributed by atoms with Gasteiger partial charge in [-0.15, -0.1) is 0 Å². The molecule has 2 N–H and O–H groups in total. The Morgan fingerprint density at radius 2 is 2.26 bits per heavy atom. The number of rotatable bonds is 6. The Hall–Kier alpha value is -2.59. The van der Waals surface area contributed by atoms with Crippen LogP contribution in [-0.2, 0) is 18.3 Å². The third-order valence-corrected chi connectivity index (χ3v) is 5.23. The van der Waals surface area contributed by atoms with Crippen molar-refractivity contribution in [1.29, 1.82) is 0 Å². The molecule has 0 unspecified atom stereocenters. The number of aryl methyl sites for hydroxylation is 2. The average molecular weight is 387 g/mol. The summed E-state index contributed by atoms with van der Waals surface area (Å²) in [5, 5.41) is 18.5. The maximum Gasteiger partial charge on any atom is 0.227 e. The second-order valence-corrected chi connectivity index (χ2v) is 7.29. The summed E-state index contributed by atoms with van der Waals surface area (Å²) in [6.45, 7) is 1.95. The number of anilines is 1. The zero-order valence-corrected chi connectivity index (χ0v) is 15.8. The van der Waals surface area contributed by atoms with Gasteiger partial charge in [0, 0.05) is 36.8 Å². The monoisotopic (exact) mass is 387 g/mol. The highest BCUT2D eigenvalue weighted by Crippen LogP contribution is 2.23. The van der Waals surface area contributed by atoms with Crippen LogP contribution in [0.3, 0.4) is 0 Å². The summed E-state index contributed by atoms with van der Waals surface area (Å²) in [6.07, 6.45) is 2.64. The summed E-state index contributed by atoms with van der Waals surface area (Å²) in [4.78, 5) is 21.1. The van der Waals surface area contributed by atoms with E-state index in [1.807, 2.05) is 16.8 Å². The van der Waals surface area contributed by atoms with E-state index >= 15 is 0 Å². The van der Waals surface area contributed by atoms with Gasteiger partial charge in [-0.3, -0.25) is 10.1 Å². The van der Waals surface area contributed by atoms with Gasteiger partial charge < -0.3 is 9.84 Å². The minimum Gasteiger partial charge on any atom is -0.339 e. The van der Waals surface area contributed by atoms with Crippen molar-refractivity contribution in [3.63, 3.8) is 0 Å². The van der Waals surface area contributed by atoms with Gasteiger partial charge in [-0.25, -0.2) is 4.68 Å².